The van der Waals surface area contributed by atoms with E-state index in [1.807, 2.05) is 0 Å². The Balaban J connectivity index is 0.00000162. The van der Waals surface area contributed by atoms with Gasteiger partial charge in [0.1, 0.15) is 6.23 Å². The lowest BCUT2D eigenvalue weighted by atomic mass is 9.86. The molecular formula is C26H22N2O2. The zero-order valence-electron chi connectivity index (χ0n) is 15.7. The molecule has 1 aromatic heterocycles. The Morgan fingerprint density at radius 1 is 1.00 bits per heavy atom. The maximum absolute atomic E-state index is 13.0. The molecule has 4 heterocycles. The first-order valence-electron chi connectivity index (χ1n) is 10.5. The molecule has 3 aromatic carbocycles. The van der Waals surface area contributed by atoms with Gasteiger partial charge in [0, 0.05) is 28.8 Å². The molecule has 8 rings (SSSR count). The van der Waals surface area contributed by atoms with E-state index in [-0.39, 0.29) is 31.6 Å². The Labute approximate surface area is 174 Å². The predicted octanol–water partition coefficient (Wildman–Crippen LogP) is 5.48. The zero-order chi connectivity index (χ0) is 18.9. The molecule has 4 aliphatic rings. The fraction of sp³-hybridized carbons (Fsp3) is 0.269. The SMILES string of the molecule is C.O=C1NCc2c1c1c3c4c2c2ccccc2n4C2CCC(O2)C3c2ccccc2-1. The van der Waals surface area contributed by atoms with Gasteiger partial charge in [0.15, 0.2) is 0 Å². The minimum atomic E-state index is 0. The van der Waals surface area contributed by atoms with Gasteiger partial charge >= 0.3 is 0 Å². The monoisotopic (exact) mass is 394 g/mol. The molecule has 1 saturated heterocycles. The fourth-order valence-electron chi connectivity index (χ4n) is 6.55. The number of benzene rings is 3. The molecule has 4 aromatic rings. The summed E-state index contributed by atoms with van der Waals surface area (Å²) in [7, 11) is 0. The summed E-state index contributed by atoms with van der Waals surface area (Å²) in [6, 6.07) is 17.3. The molecule has 3 aliphatic heterocycles. The fourth-order valence-corrected chi connectivity index (χ4v) is 6.55. The maximum Gasteiger partial charge on any atom is 0.252 e. The standard InChI is InChI=1S/C25H18N2O2.CH4/c28-25-22-15(11-26-25)19-14-7-3-4-8-16(14)27-18-10-9-17(29-18)20-12-5-1-2-6-13(12)21(22)23(20)24(19)27;/h1-8,17-18,20H,9-11H2,(H,26,28);1H4. The molecule has 0 saturated carbocycles. The molecule has 3 atom stereocenters. The van der Waals surface area contributed by atoms with Crippen LogP contribution >= 0.6 is 0 Å². The van der Waals surface area contributed by atoms with Gasteiger partial charge < -0.3 is 14.6 Å². The lowest BCUT2D eigenvalue weighted by molar-refractivity contribution is 0.00493. The second-order valence-electron chi connectivity index (χ2n) is 8.71. The molecule has 2 bridgehead atoms. The Morgan fingerprint density at radius 2 is 1.83 bits per heavy atom. The summed E-state index contributed by atoms with van der Waals surface area (Å²) in [6.45, 7) is 0.605. The molecule has 1 fully saturated rings. The third-order valence-electron chi connectivity index (χ3n) is 7.51. The normalized spacial score (nSPS) is 24.5. The van der Waals surface area contributed by atoms with Gasteiger partial charge in [0.05, 0.1) is 22.7 Å². The molecule has 1 amide bonds. The van der Waals surface area contributed by atoms with Crippen LogP contribution in [-0.2, 0) is 11.3 Å². The minimum Gasteiger partial charge on any atom is -0.354 e. The highest BCUT2D eigenvalue weighted by Gasteiger charge is 2.48. The van der Waals surface area contributed by atoms with E-state index >= 15 is 0 Å². The summed E-state index contributed by atoms with van der Waals surface area (Å²) < 4.78 is 9.12. The molecule has 0 radical (unpaired) electrons. The van der Waals surface area contributed by atoms with Crippen molar-refractivity contribution in [1.29, 1.82) is 0 Å². The highest BCUT2D eigenvalue weighted by Crippen LogP contribution is 2.59. The third-order valence-corrected chi connectivity index (χ3v) is 7.51. The number of hydrogen-bond donors (Lipinski definition) is 1. The van der Waals surface area contributed by atoms with Crippen molar-refractivity contribution in [3.8, 4) is 11.1 Å². The van der Waals surface area contributed by atoms with Crippen molar-refractivity contribution in [2.45, 2.75) is 45.1 Å². The van der Waals surface area contributed by atoms with Gasteiger partial charge in [-0.25, -0.2) is 0 Å². The number of carbonyl (C=O) groups excluding carboxylic acids is 1. The Kier molecular flexibility index (Phi) is 2.96. The van der Waals surface area contributed by atoms with Gasteiger partial charge in [0.25, 0.3) is 5.91 Å². The Hall–Kier alpha value is -3.11. The van der Waals surface area contributed by atoms with E-state index < -0.39 is 0 Å². The van der Waals surface area contributed by atoms with E-state index in [2.05, 4.69) is 58.4 Å². The number of fused-ring (bicyclic) bond motifs is 13. The number of nitrogens with zero attached hydrogens (tertiary/aromatic N) is 1. The average molecular weight is 394 g/mol. The summed E-state index contributed by atoms with van der Waals surface area (Å²) in [5.41, 5.74) is 9.58. The van der Waals surface area contributed by atoms with Crippen molar-refractivity contribution in [2.24, 2.45) is 0 Å². The first-order chi connectivity index (χ1) is 14.3. The number of nitrogens with one attached hydrogen (secondary N) is 1. The number of aromatic nitrogens is 1. The number of ether oxygens (including phenoxy) is 1. The van der Waals surface area contributed by atoms with Crippen molar-refractivity contribution in [3.63, 3.8) is 0 Å². The van der Waals surface area contributed by atoms with E-state index in [9.17, 15) is 4.79 Å². The van der Waals surface area contributed by atoms with Gasteiger partial charge in [0.2, 0.25) is 0 Å². The van der Waals surface area contributed by atoms with Crippen molar-refractivity contribution < 1.29 is 9.53 Å². The number of hydrogen-bond acceptors (Lipinski definition) is 2. The van der Waals surface area contributed by atoms with E-state index in [1.54, 1.807) is 0 Å². The maximum atomic E-state index is 13.0. The molecule has 4 heteroatoms. The summed E-state index contributed by atoms with van der Waals surface area (Å²) >= 11 is 0. The first-order valence-corrected chi connectivity index (χ1v) is 10.5. The molecule has 4 nitrogen and oxygen atoms in total. The smallest absolute Gasteiger partial charge is 0.252 e. The summed E-state index contributed by atoms with van der Waals surface area (Å²) in [5.74, 6) is 0.272. The van der Waals surface area contributed by atoms with Crippen LogP contribution in [0.4, 0.5) is 0 Å². The lowest BCUT2D eigenvalue weighted by Gasteiger charge is -2.20. The van der Waals surface area contributed by atoms with Gasteiger partial charge in [-0.05, 0) is 41.2 Å². The first kappa shape index (κ1) is 16.7. The van der Waals surface area contributed by atoms with Gasteiger partial charge in [-0.2, -0.15) is 0 Å². The predicted molar refractivity (Wildman–Crippen MR) is 118 cm³/mol. The van der Waals surface area contributed by atoms with E-state index in [0.717, 1.165) is 29.5 Å². The number of carbonyl (C=O) groups is 1. The van der Waals surface area contributed by atoms with E-state index in [0.29, 0.717) is 6.54 Å². The largest absolute Gasteiger partial charge is 0.354 e. The topological polar surface area (TPSA) is 43.3 Å². The molecule has 0 spiro atoms. The molecule has 3 unspecified atom stereocenters. The second-order valence-corrected chi connectivity index (χ2v) is 8.71. The second kappa shape index (κ2) is 5.32. The van der Waals surface area contributed by atoms with Gasteiger partial charge in [-0.15, -0.1) is 0 Å². The summed E-state index contributed by atoms with van der Waals surface area (Å²) in [4.78, 5) is 13.0. The highest BCUT2D eigenvalue weighted by molar-refractivity contribution is 6.20. The summed E-state index contributed by atoms with van der Waals surface area (Å²) in [5, 5.41) is 5.61. The number of amides is 1. The van der Waals surface area contributed by atoms with Gasteiger partial charge in [-0.3, -0.25) is 4.79 Å². The zero-order valence-corrected chi connectivity index (χ0v) is 15.7. The van der Waals surface area contributed by atoms with Crippen LogP contribution in [0, 0.1) is 0 Å². The van der Waals surface area contributed by atoms with Gasteiger partial charge in [-0.1, -0.05) is 49.9 Å². The van der Waals surface area contributed by atoms with Crippen LogP contribution < -0.4 is 5.32 Å². The number of para-hydroxylation sites is 1. The highest BCUT2D eigenvalue weighted by atomic mass is 16.5. The van der Waals surface area contributed by atoms with Crippen LogP contribution in [-0.4, -0.2) is 16.6 Å². The molecular weight excluding hydrogens is 372 g/mol. The Morgan fingerprint density at radius 3 is 2.77 bits per heavy atom. The van der Waals surface area contributed by atoms with Crippen molar-refractivity contribution in [2.75, 3.05) is 0 Å². The molecule has 30 heavy (non-hydrogen) atoms. The van der Waals surface area contributed by atoms with Crippen molar-refractivity contribution >= 4 is 27.7 Å². The van der Waals surface area contributed by atoms with Crippen molar-refractivity contribution in [3.05, 3.63) is 70.8 Å². The van der Waals surface area contributed by atoms with Crippen LogP contribution in [0.25, 0.3) is 32.9 Å². The van der Waals surface area contributed by atoms with Crippen LogP contribution in [0.15, 0.2) is 48.5 Å². The number of rotatable bonds is 0. The van der Waals surface area contributed by atoms with Crippen LogP contribution in [0.2, 0.25) is 0 Å². The summed E-state index contributed by atoms with van der Waals surface area (Å²) in [6.07, 6.45) is 2.35. The minimum absolute atomic E-state index is 0. The van der Waals surface area contributed by atoms with E-state index in [1.165, 1.54) is 38.5 Å². The molecule has 1 aliphatic carbocycles. The Bertz CT molecular complexity index is 1430. The van der Waals surface area contributed by atoms with Crippen LogP contribution in [0.3, 0.4) is 0 Å². The lowest BCUT2D eigenvalue weighted by Crippen LogP contribution is -2.16. The van der Waals surface area contributed by atoms with Crippen LogP contribution in [0.1, 0.15) is 59.5 Å². The molecule has 148 valence electrons. The quantitative estimate of drug-likeness (QED) is 0.429. The van der Waals surface area contributed by atoms with E-state index in [4.69, 9.17) is 4.74 Å². The average Bonchev–Trinajstić information content (AvgIpc) is 3.47. The van der Waals surface area contributed by atoms with Crippen LogP contribution in [0.5, 0.6) is 0 Å². The van der Waals surface area contributed by atoms with Crippen molar-refractivity contribution in [1.82, 2.24) is 9.88 Å². The third kappa shape index (κ3) is 1.65. The molecule has 1 N–H and O–H groups in total.